The maximum absolute atomic E-state index is 5.10. The highest BCUT2D eigenvalue weighted by Crippen LogP contribution is 2.00. The van der Waals surface area contributed by atoms with E-state index in [1.807, 2.05) is 6.92 Å². The molecule has 0 aromatic rings. The molecule has 0 aromatic heterocycles. The van der Waals surface area contributed by atoms with Gasteiger partial charge in [-0.15, -0.1) is 0 Å². The standard InChI is InChI=1S/C6H14O3Si/c1-5-9-6(2)10(7-3)8-4/h10H,2,5H2,1,3-4H3. The summed E-state index contributed by atoms with van der Waals surface area (Å²) in [4.78, 5) is 0. The molecule has 0 saturated heterocycles. The monoisotopic (exact) mass is 162 g/mol. The highest BCUT2D eigenvalue weighted by molar-refractivity contribution is 6.52. The summed E-state index contributed by atoms with van der Waals surface area (Å²) < 4.78 is 15.1. The molecule has 4 heteroatoms. The Morgan fingerprint density at radius 2 is 1.90 bits per heavy atom. The van der Waals surface area contributed by atoms with E-state index in [1.165, 1.54) is 0 Å². The third-order valence-electron chi connectivity index (χ3n) is 1.02. The Balaban J connectivity index is 3.65. The van der Waals surface area contributed by atoms with Crippen molar-refractivity contribution in [3.63, 3.8) is 0 Å². The van der Waals surface area contributed by atoms with Crippen molar-refractivity contribution in [2.45, 2.75) is 6.92 Å². The quantitative estimate of drug-likeness (QED) is 0.437. The Kier molecular flexibility index (Phi) is 5.28. The lowest BCUT2D eigenvalue weighted by atomic mass is 10.9. The second-order valence-electron chi connectivity index (χ2n) is 1.70. The van der Waals surface area contributed by atoms with Crippen LogP contribution in [0.25, 0.3) is 0 Å². The van der Waals surface area contributed by atoms with E-state index in [0.29, 0.717) is 12.0 Å². The molecule has 10 heavy (non-hydrogen) atoms. The van der Waals surface area contributed by atoms with Gasteiger partial charge in [0.25, 0.3) is 0 Å². The molecular weight excluding hydrogens is 148 g/mol. The zero-order valence-electron chi connectivity index (χ0n) is 6.72. The predicted octanol–water partition coefficient (Wildman–Crippen LogP) is 0.589. The van der Waals surface area contributed by atoms with Crippen molar-refractivity contribution in [2.24, 2.45) is 0 Å². The van der Waals surface area contributed by atoms with Crippen LogP contribution in [0.15, 0.2) is 12.0 Å². The van der Waals surface area contributed by atoms with Gasteiger partial charge in [-0.3, -0.25) is 0 Å². The van der Waals surface area contributed by atoms with Gasteiger partial charge in [0.15, 0.2) is 0 Å². The van der Waals surface area contributed by atoms with Crippen molar-refractivity contribution >= 4 is 9.28 Å². The van der Waals surface area contributed by atoms with Crippen molar-refractivity contribution in [2.75, 3.05) is 20.8 Å². The number of hydrogen-bond acceptors (Lipinski definition) is 3. The van der Waals surface area contributed by atoms with Gasteiger partial charge in [-0.2, -0.15) is 0 Å². The van der Waals surface area contributed by atoms with Crippen LogP contribution in [0.2, 0.25) is 0 Å². The molecule has 60 valence electrons. The first-order valence-corrected chi connectivity index (χ1v) is 4.65. The minimum atomic E-state index is -1.72. The van der Waals surface area contributed by atoms with Crippen LogP contribution in [0, 0.1) is 0 Å². The molecule has 0 spiro atoms. The summed E-state index contributed by atoms with van der Waals surface area (Å²) >= 11 is 0. The van der Waals surface area contributed by atoms with Crippen LogP contribution in [0.4, 0.5) is 0 Å². The van der Waals surface area contributed by atoms with E-state index in [2.05, 4.69) is 6.58 Å². The number of rotatable bonds is 5. The second kappa shape index (κ2) is 5.46. The number of ether oxygens (including phenoxy) is 1. The van der Waals surface area contributed by atoms with Crippen LogP contribution in [0.5, 0.6) is 0 Å². The molecular formula is C6H14O3Si. The summed E-state index contributed by atoms with van der Waals surface area (Å²) in [6, 6.07) is 0. The first-order chi connectivity index (χ1) is 4.76. The molecule has 0 aliphatic carbocycles. The van der Waals surface area contributed by atoms with Crippen molar-refractivity contribution < 1.29 is 13.6 Å². The molecule has 0 amide bonds. The van der Waals surface area contributed by atoms with Gasteiger partial charge < -0.3 is 13.6 Å². The molecule has 0 bridgehead atoms. The van der Waals surface area contributed by atoms with Gasteiger partial charge in [-0.05, 0) is 6.92 Å². The fourth-order valence-corrected chi connectivity index (χ4v) is 1.63. The summed E-state index contributed by atoms with van der Waals surface area (Å²) in [5.74, 6) is 0. The lowest BCUT2D eigenvalue weighted by molar-refractivity contribution is 0.206. The minimum Gasteiger partial charge on any atom is -0.498 e. The molecule has 0 aliphatic heterocycles. The molecule has 0 rings (SSSR count). The van der Waals surface area contributed by atoms with Crippen LogP contribution in [0.3, 0.4) is 0 Å². The molecule has 0 atom stereocenters. The number of hydrogen-bond donors (Lipinski definition) is 0. The van der Waals surface area contributed by atoms with Crippen molar-refractivity contribution in [3.8, 4) is 0 Å². The molecule has 0 N–H and O–H groups in total. The van der Waals surface area contributed by atoms with Gasteiger partial charge in [0, 0.05) is 14.2 Å². The average molecular weight is 162 g/mol. The summed E-state index contributed by atoms with van der Waals surface area (Å²) in [7, 11) is 1.48. The highest BCUT2D eigenvalue weighted by atomic mass is 28.3. The van der Waals surface area contributed by atoms with Gasteiger partial charge in [0.1, 0.15) is 5.38 Å². The normalized spacial score (nSPS) is 10.0. The molecule has 3 nitrogen and oxygen atoms in total. The van der Waals surface area contributed by atoms with Crippen molar-refractivity contribution in [1.82, 2.24) is 0 Å². The zero-order chi connectivity index (χ0) is 7.98. The first-order valence-electron chi connectivity index (χ1n) is 3.13. The van der Waals surface area contributed by atoms with Gasteiger partial charge in [0.05, 0.1) is 6.61 Å². The molecule has 0 aliphatic rings. The SMILES string of the molecule is C=C(OCC)[SiH](OC)OC. The molecule has 0 unspecified atom stereocenters. The molecule has 0 heterocycles. The Bertz CT molecular complexity index is 101. The maximum Gasteiger partial charge on any atom is 0.390 e. The molecule has 0 fully saturated rings. The van der Waals surface area contributed by atoms with Crippen LogP contribution < -0.4 is 0 Å². The largest absolute Gasteiger partial charge is 0.498 e. The smallest absolute Gasteiger partial charge is 0.390 e. The average Bonchev–Trinajstić information content (AvgIpc) is 1.91. The highest BCUT2D eigenvalue weighted by Gasteiger charge is 2.14. The van der Waals surface area contributed by atoms with Crippen LogP contribution in [0.1, 0.15) is 6.92 Å². The van der Waals surface area contributed by atoms with Crippen LogP contribution >= 0.6 is 0 Å². The summed E-state index contributed by atoms with van der Waals surface area (Å²) in [6.45, 7) is 6.20. The molecule has 0 saturated carbocycles. The molecule has 0 radical (unpaired) electrons. The van der Waals surface area contributed by atoms with Crippen LogP contribution in [-0.2, 0) is 13.6 Å². The van der Waals surface area contributed by atoms with Gasteiger partial charge in [0.2, 0.25) is 0 Å². The Morgan fingerprint density at radius 1 is 1.40 bits per heavy atom. The minimum absolute atomic E-state index is 0.620. The summed E-state index contributed by atoms with van der Waals surface area (Å²) in [6.07, 6.45) is 0. The zero-order valence-corrected chi connectivity index (χ0v) is 7.87. The Hall–Kier alpha value is -0.323. The predicted molar refractivity (Wildman–Crippen MR) is 41.9 cm³/mol. The maximum atomic E-state index is 5.10. The van der Waals surface area contributed by atoms with Gasteiger partial charge in [-0.25, -0.2) is 0 Å². The van der Waals surface area contributed by atoms with Crippen LogP contribution in [-0.4, -0.2) is 30.1 Å². The van der Waals surface area contributed by atoms with Gasteiger partial charge in [-0.1, -0.05) is 6.58 Å². The van der Waals surface area contributed by atoms with Crippen molar-refractivity contribution in [3.05, 3.63) is 12.0 Å². The third-order valence-corrected chi connectivity index (χ3v) is 2.57. The Labute approximate surface area is 63.4 Å². The summed E-state index contributed by atoms with van der Waals surface area (Å²) in [5.41, 5.74) is 0. The van der Waals surface area contributed by atoms with E-state index < -0.39 is 9.28 Å². The van der Waals surface area contributed by atoms with E-state index in [9.17, 15) is 0 Å². The first kappa shape index (κ1) is 9.68. The fraction of sp³-hybridized carbons (Fsp3) is 0.667. The topological polar surface area (TPSA) is 27.7 Å². The van der Waals surface area contributed by atoms with E-state index in [0.717, 1.165) is 0 Å². The molecule has 0 aromatic carbocycles. The van der Waals surface area contributed by atoms with Crippen molar-refractivity contribution in [1.29, 1.82) is 0 Å². The van der Waals surface area contributed by atoms with E-state index >= 15 is 0 Å². The second-order valence-corrected chi connectivity index (χ2v) is 3.95. The van der Waals surface area contributed by atoms with E-state index in [-0.39, 0.29) is 0 Å². The van der Waals surface area contributed by atoms with E-state index in [4.69, 9.17) is 13.6 Å². The lowest BCUT2D eigenvalue weighted by Crippen LogP contribution is -2.23. The third kappa shape index (κ3) is 3.00. The van der Waals surface area contributed by atoms with E-state index in [1.54, 1.807) is 14.2 Å². The summed E-state index contributed by atoms with van der Waals surface area (Å²) in [5, 5.41) is 0.646. The Morgan fingerprint density at radius 3 is 2.20 bits per heavy atom. The van der Waals surface area contributed by atoms with Gasteiger partial charge >= 0.3 is 9.28 Å². The fourth-order valence-electron chi connectivity index (χ4n) is 0.613. The lowest BCUT2D eigenvalue weighted by Gasteiger charge is -2.13.